The van der Waals surface area contributed by atoms with E-state index < -0.39 is 0 Å². The topological polar surface area (TPSA) is 29.1 Å². The smallest absolute Gasteiger partial charge is 0.224 e. The third-order valence-corrected chi connectivity index (χ3v) is 3.11. The van der Waals surface area contributed by atoms with Gasteiger partial charge in [-0.3, -0.25) is 4.79 Å². The van der Waals surface area contributed by atoms with Crippen LogP contribution in [0.3, 0.4) is 0 Å². The Morgan fingerprint density at radius 3 is 2.55 bits per heavy atom. The van der Waals surface area contributed by atoms with Gasteiger partial charge in [-0.1, -0.05) is 42.0 Å². The molecule has 0 saturated carbocycles. The highest BCUT2D eigenvalue weighted by Gasteiger charge is 2.03. The minimum atomic E-state index is -0.242. The van der Waals surface area contributed by atoms with Crippen LogP contribution in [-0.4, -0.2) is 12.5 Å². The van der Waals surface area contributed by atoms with E-state index in [0.29, 0.717) is 19.4 Å². The van der Waals surface area contributed by atoms with E-state index in [4.69, 9.17) is 0 Å². The molecule has 2 rings (SSSR count). The number of nitrogens with one attached hydrogen (secondary N) is 1. The molecule has 20 heavy (non-hydrogen) atoms. The van der Waals surface area contributed by atoms with Crippen molar-refractivity contribution in [1.82, 2.24) is 5.32 Å². The Balaban J connectivity index is 1.76. The lowest BCUT2D eigenvalue weighted by Gasteiger charge is -2.06. The summed E-state index contributed by atoms with van der Waals surface area (Å²) in [5.41, 5.74) is 3.07. The Hall–Kier alpha value is -2.16. The van der Waals surface area contributed by atoms with Gasteiger partial charge in [0.2, 0.25) is 5.91 Å². The summed E-state index contributed by atoms with van der Waals surface area (Å²) in [7, 11) is 0. The average molecular weight is 271 g/mol. The number of hydrogen-bond acceptors (Lipinski definition) is 1. The summed E-state index contributed by atoms with van der Waals surface area (Å²) in [5.74, 6) is -0.251. The zero-order valence-corrected chi connectivity index (χ0v) is 11.5. The van der Waals surface area contributed by atoms with Crippen molar-refractivity contribution in [3.63, 3.8) is 0 Å². The molecule has 3 heteroatoms. The molecule has 0 aliphatic heterocycles. The first-order valence-corrected chi connectivity index (χ1v) is 6.70. The average Bonchev–Trinajstić information content (AvgIpc) is 2.41. The van der Waals surface area contributed by atoms with Crippen molar-refractivity contribution in [2.75, 3.05) is 6.54 Å². The van der Waals surface area contributed by atoms with Gasteiger partial charge in [-0.25, -0.2) is 4.39 Å². The molecule has 0 bridgehead atoms. The van der Waals surface area contributed by atoms with Crippen LogP contribution in [0.1, 0.15) is 16.7 Å². The number of carbonyl (C=O) groups excluding carboxylic acids is 1. The molecule has 1 N–H and O–H groups in total. The predicted octanol–water partition coefficient (Wildman–Crippen LogP) is 3.04. The van der Waals surface area contributed by atoms with E-state index in [9.17, 15) is 9.18 Å². The quantitative estimate of drug-likeness (QED) is 0.889. The summed E-state index contributed by atoms with van der Waals surface area (Å²) in [6.45, 7) is 2.54. The van der Waals surface area contributed by atoms with Crippen LogP contribution < -0.4 is 5.32 Å². The van der Waals surface area contributed by atoms with E-state index in [1.165, 1.54) is 17.7 Å². The van der Waals surface area contributed by atoms with Gasteiger partial charge in [0.05, 0.1) is 6.42 Å². The summed E-state index contributed by atoms with van der Waals surface area (Å²) in [6, 6.07) is 14.4. The van der Waals surface area contributed by atoms with Crippen molar-refractivity contribution in [3.8, 4) is 0 Å². The van der Waals surface area contributed by atoms with E-state index >= 15 is 0 Å². The molecule has 104 valence electrons. The van der Waals surface area contributed by atoms with E-state index in [-0.39, 0.29) is 11.7 Å². The monoisotopic (exact) mass is 271 g/mol. The molecular formula is C17H18FNO. The molecule has 0 aromatic heterocycles. The first-order valence-electron chi connectivity index (χ1n) is 6.70. The fourth-order valence-electron chi connectivity index (χ4n) is 1.99. The Kier molecular flexibility index (Phi) is 4.88. The molecule has 2 aromatic rings. The number of rotatable bonds is 5. The van der Waals surface area contributed by atoms with E-state index in [1.54, 1.807) is 6.07 Å². The molecule has 0 aliphatic carbocycles. The minimum absolute atomic E-state index is 0.00902. The van der Waals surface area contributed by atoms with Gasteiger partial charge in [0, 0.05) is 6.54 Å². The third kappa shape index (κ3) is 4.50. The highest BCUT2D eigenvalue weighted by atomic mass is 19.1. The number of benzene rings is 2. The lowest BCUT2D eigenvalue weighted by Crippen LogP contribution is -2.27. The maximum absolute atomic E-state index is 13.0. The van der Waals surface area contributed by atoms with Gasteiger partial charge in [-0.2, -0.15) is 0 Å². The molecule has 1 amide bonds. The second-order valence-electron chi connectivity index (χ2n) is 4.89. The first-order chi connectivity index (χ1) is 9.63. The van der Waals surface area contributed by atoms with Gasteiger partial charge in [-0.15, -0.1) is 0 Å². The third-order valence-electron chi connectivity index (χ3n) is 3.11. The highest BCUT2D eigenvalue weighted by molar-refractivity contribution is 5.78. The van der Waals surface area contributed by atoms with E-state index in [0.717, 1.165) is 11.1 Å². The fraction of sp³-hybridized carbons (Fsp3) is 0.235. The van der Waals surface area contributed by atoms with Gasteiger partial charge in [0.1, 0.15) is 5.82 Å². The Bertz CT molecular complexity index is 578. The molecular weight excluding hydrogens is 253 g/mol. The van der Waals surface area contributed by atoms with E-state index in [1.807, 2.05) is 37.3 Å². The van der Waals surface area contributed by atoms with Crippen LogP contribution in [0.5, 0.6) is 0 Å². The van der Waals surface area contributed by atoms with Crippen molar-refractivity contribution in [2.45, 2.75) is 19.8 Å². The number of amides is 1. The number of carbonyl (C=O) groups is 1. The number of hydrogen-bond donors (Lipinski definition) is 1. The molecule has 0 aliphatic rings. The highest BCUT2D eigenvalue weighted by Crippen LogP contribution is 2.05. The van der Waals surface area contributed by atoms with Gasteiger partial charge >= 0.3 is 0 Å². The summed E-state index contributed by atoms with van der Waals surface area (Å²) in [5, 5.41) is 2.85. The van der Waals surface area contributed by atoms with Gasteiger partial charge in [0.25, 0.3) is 0 Å². The molecule has 2 nitrogen and oxygen atoms in total. The second kappa shape index (κ2) is 6.85. The Morgan fingerprint density at radius 1 is 1.10 bits per heavy atom. The largest absolute Gasteiger partial charge is 0.355 e. The van der Waals surface area contributed by atoms with Gasteiger partial charge in [0.15, 0.2) is 0 Å². The van der Waals surface area contributed by atoms with Crippen molar-refractivity contribution < 1.29 is 9.18 Å². The fourth-order valence-corrected chi connectivity index (χ4v) is 1.99. The van der Waals surface area contributed by atoms with Crippen molar-refractivity contribution in [1.29, 1.82) is 0 Å². The number of halogens is 1. The first kappa shape index (κ1) is 14.3. The molecule has 2 aromatic carbocycles. The van der Waals surface area contributed by atoms with Crippen LogP contribution >= 0.6 is 0 Å². The maximum atomic E-state index is 13.0. The normalized spacial score (nSPS) is 10.3. The Morgan fingerprint density at radius 2 is 1.85 bits per heavy atom. The molecule has 0 saturated heterocycles. The zero-order valence-electron chi connectivity index (χ0n) is 11.5. The summed E-state index contributed by atoms with van der Waals surface area (Å²) in [4.78, 5) is 11.8. The molecule has 0 heterocycles. The second-order valence-corrected chi connectivity index (χ2v) is 4.89. The van der Waals surface area contributed by atoms with Crippen LogP contribution in [0.15, 0.2) is 48.5 Å². The summed E-state index contributed by atoms with van der Waals surface area (Å²) >= 11 is 0. The minimum Gasteiger partial charge on any atom is -0.355 e. The summed E-state index contributed by atoms with van der Waals surface area (Å²) in [6.07, 6.45) is 1.01. The van der Waals surface area contributed by atoms with Crippen molar-refractivity contribution in [2.24, 2.45) is 0 Å². The van der Waals surface area contributed by atoms with Crippen LogP contribution in [0.25, 0.3) is 0 Å². The standard InChI is InChI=1S/C17H18FNO/c1-13-5-7-15(8-6-13)12-17(20)19-10-9-14-3-2-4-16(18)11-14/h2-8,11H,9-10,12H2,1H3,(H,19,20). The number of aryl methyl sites for hydroxylation is 1. The molecule has 0 fully saturated rings. The lowest BCUT2D eigenvalue weighted by molar-refractivity contribution is -0.120. The lowest BCUT2D eigenvalue weighted by atomic mass is 10.1. The van der Waals surface area contributed by atoms with Crippen molar-refractivity contribution >= 4 is 5.91 Å². The summed E-state index contributed by atoms with van der Waals surface area (Å²) < 4.78 is 13.0. The van der Waals surface area contributed by atoms with Gasteiger partial charge in [-0.05, 0) is 36.6 Å². The maximum Gasteiger partial charge on any atom is 0.224 e. The molecule has 0 unspecified atom stereocenters. The predicted molar refractivity (Wildman–Crippen MR) is 78.0 cm³/mol. The van der Waals surface area contributed by atoms with E-state index in [2.05, 4.69) is 5.32 Å². The zero-order chi connectivity index (χ0) is 14.4. The molecule has 0 atom stereocenters. The van der Waals surface area contributed by atoms with Crippen LogP contribution in [0, 0.1) is 12.7 Å². The van der Waals surface area contributed by atoms with Crippen LogP contribution in [0.4, 0.5) is 4.39 Å². The molecule has 0 radical (unpaired) electrons. The Labute approximate surface area is 118 Å². The van der Waals surface area contributed by atoms with Crippen LogP contribution in [0.2, 0.25) is 0 Å². The SMILES string of the molecule is Cc1ccc(CC(=O)NCCc2cccc(F)c2)cc1. The van der Waals surface area contributed by atoms with Crippen LogP contribution in [-0.2, 0) is 17.6 Å². The van der Waals surface area contributed by atoms with Gasteiger partial charge < -0.3 is 5.32 Å². The molecule has 0 spiro atoms. The van der Waals surface area contributed by atoms with Crippen molar-refractivity contribution in [3.05, 3.63) is 71.0 Å².